The summed E-state index contributed by atoms with van der Waals surface area (Å²) < 4.78 is 4.92. The molecule has 0 heterocycles. The van der Waals surface area contributed by atoms with Crippen LogP contribution in [0.2, 0.25) is 0 Å². The van der Waals surface area contributed by atoms with Crippen molar-refractivity contribution in [2.45, 2.75) is 26.2 Å². The minimum Gasteiger partial charge on any atom is -0.385 e. The summed E-state index contributed by atoms with van der Waals surface area (Å²) in [4.78, 5) is 23.9. The molecule has 0 unspecified atom stereocenters. The van der Waals surface area contributed by atoms with Gasteiger partial charge in [-0.1, -0.05) is 19.4 Å². The van der Waals surface area contributed by atoms with Gasteiger partial charge in [0.15, 0.2) is 0 Å². The first-order valence-electron chi connectivity index (χ1n) is 7.34. The molecule has 21 heavy (non-hydrogen) atoms. The standard InChI is InChI=1S/C16H24N2O3/c1-3-4-9-17-15(19)13-7-5-8-14(12-13)16(20)18-10-6-11-21-2/h5,7-8,12H,3-4,6,9-11H2,1-2H3,(H,17,19)(H,18,20). The molecule has 0 atom stereocenters. The third kappa shape index (κ3) is 6.40. The van der Waals surface area contributed by atoms with E-state index >= 15 is 0 Å². The van der Waals surface area contributed by atoms with E-state index in [1.165, 1.54) is 0 Å². The molecule has 0 saturated carbocycles. The maximum Gasteiger partial charge on any atom is 0.251 e. The highest BCUT2D eigenvalue weighted by atomic mass is 16.5. The summed E-state index contributed by atoms with van der Waals surface area (Å²) in [5.41, 5.74) is 1.01. The monoisotopic (exact) mass is 292 g/mol. The maximum atomic E-state index is 12.0. The van der Waals surface area contributed by atoms with E-state index in [1.807, 2.05) is 0 Å². The molecule has 0 saturated heterocycles. The van der Waals surface area contributed by atoms with Crippen molar-refractivity contribution in [1.82, 2.24) is 10.6 Å². The van der Waals surface area contributed by atoms with Crippen molar-refractivity contribution in [1.29, 1.82) is 0 Å². The number of rotatable bonds is 9. The number of amides is 2. The number of hydrogen-bond acceptors (Lipinski definition) is 3. The van der Waals surface area contributed by atoms with Crippen LogP contribution in [0.4, 0.5) is 0 Å². The summed E-state index contributed by atoms with van der Waals surface area (Å²) in [6.45, 7) is 3.89. The molecule has 5 heteroatoms. The van der Waals surface area contributed by atoms with E-state index in [-0.39, 0.29) is 11.8 Å². The van der Waals surface area contributed by atoms with E-state index in [0.29, 0.717) is 30.8 Å². The van der Waals surface area contributed by atoms with Crippen LogP contribution < -0.4 is 10.6 Å². The van der Waals surface area contributed by atoms with E-state index in [4.69, 9.17) is 4.74 Å². The number of carbonyl (C=O) groups is 2. The van der Waals surface area contributed by atoms with E-state index in [9.17, 15) is 9.59 Å². The summed E-state index contributed by atoms with van der Waals surface area (Å²) in [6, 6.07) is 6.75. The van der Waals surface area contributed by atoms with Gasteiger partial charge in [0.1, 0.15) is 0 Å². The molecule has 0 aliphatic heterocycles. The van der Waals surface area contributed by atoms with Gasteiger partial charge in [-0.2, -0.15) is 0 Å². The quantitative estimate of drug-likeness (QED) is 0.684. The Balaban J connectivity index is 2.54. The lowest BCUT2D eigenvalue weighted by Gasteiger charge is -2.07. The topological polar surface area (TPSA) is 67.4 Å². The van der Waals surface area contributed by atoms with Crippen molar-refractivity contribution in [3.8, 4) is 0 Å². The Morgan fingerprint density at radius 1 is 1.05 bits per heavy atom. The predicted octanol–water partition coefficient (Wildman–Crippen LogP) is 1.98. The largest absolute Gasteiger partial charge is 0.385 e. The fourth-order valence-electron chi connectivity index (χ4n) is 1.80. The summed E-state index contributed by atoms with van der Waals surface area (Å²) >= 11 is 0. The zero-order chi connectivity index (χ0) is 15.5. The fraction of sp³-hybridized carbons (Fsp3) is 0.500. The molecule has 0 fully saturated rings. The van der Waals surface area contributed by atoms with Crippen LogP contribution in [-0.4, -0.2) is 38.6 Å². The van der Waals surface area contributed by atoms with Crippen LogP contribution in [0, 0.1) is 0 Å². The summed E-state index contributed by atoms with van der Waals surface area (Å²) in [5.74, 6) is -0.313. The number of ether oxygens (including phenoxy) is 1. The van der Waals surface area contributed by atoms with Crippen LogP contribution in [0.3, 0.4) is 0 Å². The molecule has 5 nitrogen and oxygen atoms in total. The third-order valence-electron chi connectivity index (χ3n) is 3.01. The maximum absolute atomic E-state index is 12.0. The van der Waals surface area contributed by atoms with Gasteiger partial charge in [0.25, 0.3) is 11.8 Å². The minimum absolute atomic E-state index is 0.141. The second-order valence-electron chi connectivity index (χ2n) is 4.79. The van der Waals surface area contributed by atoms with Crippen LogP contribution in [0.1, 0.15) is 46.9 Å². The van der Waals surface area contributed by atoms with Crippen molar-refractivity contribution in [3.05, 3.63) is 35.4 Å². The molecule has 2 N–H and O–H groups in total. The minimum atomic E-state index is -0.172. The van der Waals surface area contributed by atoms with Gasteiger partial charge >= 0.3 is 0 Å². The Morgan fingerprint density at radius 3 is 2.14 bits per heavy atom. The molecule has 0 aromatic heterocycles. The van der Waals surface area contributed by atoms with Gasteiger partial charge in [0.05, 0.1) is 0 Å². The molecular formula is C16H24N2O3. The van der Waals surface area contributed by atoms with Crippen LogP contribution in [0.5, 0.6) is 0 Å². The average Bonchev–Trinajstić information content (AvgIpc) is 2.51. The van der Waals surface area contributed by atoms with Gasteiger partial charge in [-0.25, -0.2) is 0 Å². The van der Waals surface area contributed by atoms with Gasteiger partial charge in [0, 0.05) is 37.9 Å². The molecule has 116 valence electrons. The van der Waals surface area contributed by atoms with E-state index < -0.39 is 0 Å². The van der Waals surface area contributed by atoms with Crippen LogP contribution in [0.25, 0.3) is 0 Å². The van der Waals surface area contributed by atoms with Crippen molar-refractivity contribution in [2.24, 2.45) is 0 Å². The molecule has 0 bridgehead atoms. The van der Waals surface area contributed by atoms with Gasteiger partial charge in [-0.3, -0.25) is 9.59 Å². The number of methoxy groups -OCH3 is 1. The molecule has 0 radical (unpaired) electrons. The number of carbonyl (C=O) groups excluding carboxylic acids is 2. The van der Waals surface area contributed by atoms with Gasteiger partial charge in [-0.15, -0.1) is 0 Å². The Hall–Kier alpha value is -1.88. The van der Waals surface area contributed by atoms with Crippen molar-refractivity contribution in [3.63, 3.8) is 0 Å². The first-order chi connectivity index (χ1) is 10.2. The van der Waals surface area contributed by atoms with Gasteiger partial charge in [-0.05, 0) is 31.0 Å². The fourth-order valence-corrected chi connectivity index (χ4v) is 1.80. The SMILES string of the molecule is CCCCNC(=O)c1cccc(C(=O)NCCCOC)c1. The molecule has 0 spiro atoms. The molecule has 0 aliphatic rings. The highest BCUT2D eigenvalue weighted by Gasteiger charge is 2.09. The number of benzene rings is 1. The zero-order valence-electron chi connectivity index (χ0n) is 12.8. The van der Waals surface area contributed by atoms with Crippen molar-refractivity contribution in [2.75, 3.05) is 26.8 Å². The predicted molar refractivity (Wildman–Crippen MR) is 82.5 cm³/mol. The van der Waals surface area contributed by atoms with Gasteiger partial charge < -0.3 is 15.4 Å². The van der Waals surface area contributed by atoms with Crippen LogP contribution in [0.15, 0.2) is 24.3 Å². The Morgan fingerprint density at radius 2 is 1.62 bits per heavy atom. The molecule has 0 aliphatic carbocycles. The normalized spacial score (nSPS) is 10.2. The summed E-state index contributed by atoms with van der Waals surface area (Å²) in [5, 5.41) is 5.64. The van der Waals surface area contributed by atoms with Crippen molar-refractivity contribution < 1.29 is 14.3 Å². The highest BCUT2D eigenvalue weighted by Crippen LogP contribution is 2.05. The second kappa shape index (κ2) is 9.94. The highest BCUT2D eigenvalue weighted by molar-refractivity contribution is 5.99. The summed E-state index contributed by atoms with van der Waals surface area (Å²) in [7, 11) is 1.63. The Bertz CT molecular complexity index is 461. The lowest BCUT2D eigenvalue weighted by molar-refractivity contribution is 0.0948. The van der Waals surface area contributed by atoms with Crippen LogP contribution in [-0.2, 0) is 4.74 Å². The van der Waals surface area contributed by atoms with E-state index in [1.54, 1.807) is 31.4 Å². The first-order valence-corrected chi connectivity index (χ1v) is 7.34. The number of hydrogen-bond donors (Lipinski definition) is 2. The molecular weight excluding hydrogens is 268 g/mol. The lowest BCUT2D eigenvalue weighted by Crippen LogP contribution is -2.27. The molecule has 1 aromatic carbocycles. The van der Waals surface area contributed by atoms with E-state index in [0.717, 1.165) is 19.3 Å². The molecule has 1 aromatic rings. The zero-order valence-corrected chi connectivity index (χ0v) is 12.8. The summed E-state index contributed by atoms with van der Waals surface area (Å²) in [6.07, 6.45) is 2.75. The van der Waals surface area contributed by atoms with E-state index in [2.05, 4.69) is 17.6 Å². The smallest absolute Gasteiger partial charge is 0.251 e. The third-order valence-corrected chi connectivity index (χ3v) is 3.01. The van der Waals surface area contributed by atoms with Crippen molar-refractivity contribution >= 4 is 11.8 Å². The molecule has 1 rings (SSSR count). The Kier molecular flexibility index (Phi) is 8.12. The number of unbranched alkanes of at least 4 members (excludes halogenated alkanes) is 1. The molecule has 2 amide bonds. The Labute approximate surface area is 126 Å². The second-order valence-corrected chi connectivity index (χ2v) is 4.79. The number of nitrogens with one attached hydrogen (secondary N) is 2. The van der Waals surface area contributed by atoms with Gasteiger partial charge in [0.2, 0.25) is 0 Å². The first kappa shape index (κ1) is 17.2. The average molecular weight is 292 g/mol. The van der Waals surface area contributed by atoms with Crippen LogP contribution >= 0.6 is 0 Å². The lowest BCUT2D eigenvalue weighted by atomic mass is 10.1.